The number of hydrazine groups is 1. The van der Waals surface area contributed by atoms with Crippen molar-refractivity contribution in [1.82, 2.24) is 5.43 Å². The first-order valence-corrected chi connectivity index (χ1v) is 15.3. The van der Waals surface area contributed by atoms with Crippen molar-refractivity contribution >= 4 is 33.1 Å². The van der Waals surface area contributed by atoms with Gasteiger partial charge in [0.2, 0.25) is 11.6 Å². The molecule has 0 spiro atoms. The number of hydrogen-bond donors (Lipinski definition) is 3. The number of nitrogens with two attached hydrogens (primary N) is 1. The van der Waals surface area contributed by atoms with Crippen LogP contribution in [0.3, 0.4) is 0 Å². The van der Waals surface area contributed by atoms with Crippen LogP contribution in [0.2, 0.25) is 0 Å². The number of nitrogens with one attached hydrogen (secondary N) is 1. The molecule has 0 radical (unpaired) electrons. The van der Waals surface area contributed by atoms with Crippen molar-refractivity contribution in [2.24, 2.45) is 5.84 Å². The molecule has 0 aromatic heterocycles. The summed E-state index contributed by atoms with van der Waals surface area (Å²) in [6, 6.07) is 13.3. The van der Waals surface area contributed by atoms with Crippen LogP contribution in [0, 0.1) is 0 Å². The van der Waals surface area contributed by atoms with Crippen LogP contribution in [0.1, 0.15) is 71.4 Å². The van der Waals surface area contributed by atoms with Crippen LogP contribution in [-0.4, -0.2) is 42.3 Å². The zero-order chi connectivity index (χ0) is 29.3. The van der Waals surface area contributed by atoms with E-state index >= 15 is 0 Å². The summed E-state index contributed by atoms with van der Waals surface area (Å²) < 4.78 is 35.7. The van der Waals surface area contributed by atoms with Crippen molar-refractivity contribution in [1.29, 1.82) is 0 Å². The molecule has 4 rings (SSSR count). The van der Waals surface area contributed by atoms with Crippen molar-refractivity contribution < 1.29 is 22.3 Å². The van der Waals surface area contributed by atoms with Gasteiger partial charge in [-0.3, -0.25) is 14.8 Å². The zero-order valence-electron chi connectivity index (χ0n) is 24.1. The van der Waals surface area contributed by atoms with E-state index < -0.39 is 15.5 Å². The molecule has 8 nitrogen and oxygen atoms in total. The fourth-order valence-corrected chi connectivity index (χ4v) is 6.58. The molecule has 0 bridgehead atoms. The van der Waals surface area contributed by atoms with Crippen LogP contribution in [0.15, 0.2) is 71.3 Å². The van der Waals surface area contributed by atoms with Gasteiger partial charge in [-0.15, -0.1) is 0 Å². The van der Waals surface area contributed by atoms with Crippen LogP contribution >= 0.6 is 0 Å². The van der Waals surface area contributed by atoms with Gasteiger partial charge in [-0.2, -0.15) is 13.0 Å². The van der Waals surface area contributed by atoms with Gasteiger partial charge in [-0.25, -0.2) is 5.84 Å². The van der Waals surface area contributed by atoms with E-state index in [9.17, 15) is 17.8 Å². The monoisotopic (exact) mass is 565 g/mol. The molecule has 2 aromatic rings. The predicted octanol–water partition coefficient (Wildman–Crippen LogP) is 5.12. The molecule has 1 amide bonds. The average molecular weight is 566 g/mol. The molecule has 214 valence electrons. The number of carbonyl (C=O) groups excluding carboxylic acids is 1. The van der Waals surface area contributed by atoms with Crippen LogP contribution in [0.25, 0.3) is 0 Å². The third-order valence-corrected chi connectivity index (χ3v) is 9.08. The fourth-order valence-electron chi connectivity index (χ4n) is 6.07. The maximum absolute atomic E-state index is 11.8. The fraction of sp³-hybridized carbons (Fsp3) is 0.419. The van der Waals surface area contributed by atoms with Crippen LogP contribution in [-0.2, 0) is 25.7 Å². The highest BCUT2D eigenvalue weighted by atomic mass is 32.2. The van der Waals surface area contributed by atoms with Gasteiger partial charge in [0, 0.05) is 53.9 Å². The SMILES string of the molecule is CCN1/C(=C/C=C/C2=[N+](CCCCCC(=O)NN)c3ccccc3C2(C)C)C(C)(C)c2cc(S(=O)(=O)O)ccc21. The first-order chi connectivity index (χ1) is 18.8. The Morgan fingerprint density at radius 1 is 1.05 bits per heavy atom. The van der Waals surface area contributed by atoms with Crippen LogP contribution < -0.4 is 16.2 Å². The number of anilines is 1. The zero-order valence-corrected chi connectivity index (χ0v) is 24.9. The summed E-state index contributed by atoms with van der Waals surface area (Å²) in [7, 11) is -4.29. The summed E-state index contributed by atoms with van der Waals surface area (Å²) in [5, 5.41) is 0. The first-order valence-electron chi connectivity index (χ1n) is 13.9. The van der Waals surface area contributed by atoms with Crippen LogP contribution in [0.5, 0.6) is 0 Å². The first kappa shape index (κ1) is 29.7. The number of para-hydroxylation sites is 1. The topological polar surface area (TPSA) is 116 Å². The molecular weight excluding hydrogens is 524 g/mol. The van der Waals surface area contributed by atoms with Gasteiger partial charge < -0.3 is 4.90 Å². The molecule has 2 aliphatic heterocycles. The third-order valence-electron chi connectivity index (χ3n) is 8.23. The summed E-state index contributed by atoms with van der Waals surface area (Å²) in [4.78, 5) is 13.6. The Bertz CT molecular complexity index is 1500. The Kier molecular flexibility index (Phi) is 8.40. The molecule has 2 aromatic carbocycles. The lowest BCUT2D eigenvalue weighted by atomic mass is 9.81. The van der Waals surface area contributed by atoms with E-state index in [1.807, 2.05) is 0 Å². The molecule has 40 heavy (non-hydrogen) atoms. The summed E-state index contributed by atoms with van der Waals surface area (Å²) in [5.74, 6) is 5.07. The summed E-state index contributed by atoms with van der Waals surface area (Å²) in [5.41, 5.74) is 8.13. The Morgan fingerprint density at radius 2 is 1.77 bits per heavy atom. The summed E-state index contributed by atoms with van der Waals surface area (Å²) in [6.45, 7) is 12.3. The minimum Gasteiger partial charge on any atom is -0.344 e. The predicted molar refractivity (Wildman–Crippen MR) is 160 cm³/mol. The molecule has 0 aliphatic carbocycles. The van der Waals surface area contributed by atoms with Crippen molar-refractivity contribution in [3.8, 4) is 0 Å². The number of carbonyl (C=O) groups is 1. The maximum atomic E-state index is 11.8. The molecule has 0 saturated heterocycles. The summed E-state index contributed by atoms with van der Waals surface area (Å²) in [6.07, 6.45) is 9.50. The van der Waals surface area contributed by atoms with Gasteiger partial charge in [0.1, 0.15) is 6.54 Å². The highest BCUT2D eigenvalue weighted by Gasteiger charge is 2.44. The maximum Gasteiger partial charge on any atom is 0.294 e. The minimum absolute atomic E-state index is 0.0903. The Morgan fingerprint density at radius 3 is 2.45 bits per heavy atom. The van der Waals surface area contributed by atoms with Crippen LogP contribution in [0.4, 0.5) is 11.4 Å². The number of nitrogens with zero attached hydrogens (tertiary/aromatic N) is 2. The standard InChI is InChI=1S/C31H40N4O4S/c1-6-34-26-19-18-22(40(37,38)39)21-24(26)31(4,5)27(34)15-12-16-28-30(2,3)23-13-9-10-14-25(23)35(28)20-11-7-8-17-29(36)33-32/h9-10,12-16,18-19,21H,6-8,11,17,20,32H2,1-5H3,(H-,33,36,37,38,39)/p+1. The number of fused-ring (bicyclic) bond motifs is 2. The van der Waals surface area contributed by atoms with E-state index in [4.69, 9.17) is 5.84 Å². The molecule has 0 unspecified atom stereocenters. The third kappa shape index (κ3) is 5.50. The molecule has 4 N–H and O–H groups in total. The van der Waals surface area contributed by atoms with Gasteiger partial charge in [0.05, 0.1) is 10.3 Å². The Balaban J connectivity index is 1.66. The van der Waals surface area contributed by atoms with Crippen molar-refractivity contribution in [2.45, 2.75) is 76.0 Å². The number of rotatable bonds is 10. The highest BCUT2D eigenvalue weighted by molar-refractivity contribution is 7.85. The van der Waals surface area contributed by atoms with E-state index in [0.717, 1.165) is 49.3 Å². The van der Waals surface area contributed by atoms with Crippen molar-refractivity contribution in [3.05, 3.63) is 77.5 Å². The highest BCUT2D eigenvalue weighted by Crippen LogP contribution is 2.48. The molecule has 0 atom stereocenters. The minimum atomic E-state index is -4.29. The number of benzene rings is 2. The lowest BCUT2D eigenvalue weighted by Crippen LogP contribution is -2.29. The van der Waals surface area contributed by atoms with Gasteiger partial charge in [0.25, 0.3) is 10.1 Å². The Hall–Kier alpha value is -3.27. The lowest BCUT2D eigenvalue weighted by molar-refractivity contribution is -0.438. The van der Waals surface area contributed by atoms with Gasteiger partial charge in [-0.1, -0.05) is 38.1 Å². The molecule has 2 heterocycles. The van der Waals surface area contributed by atoms with Gasteiger partial charge in [-0.05, 0) is 63.5 Å². The normalized spacial score (nSPS) is 18.5. The average Bonchev–Trinajstić information content (AvgIpc) is 3.26. The second kappa shape index (κ2) is 11.3. The molecule has 9 heteroatoms. The smallest absolute Gasteiger partial charge is 0.294 e. The van der Waals surface area contributed by atoms with E-state index in [-0.39, 0.29) is 16.2 Å². The number of unbranched alkanes of at least 4 members (excludes halogenated alkanes) is 2. The van der Waals surface area contributed by atoms with E-state index in [1.165, 1.54) is 23.0 Å². The molecule has 0 fully saturated rings. The number of hydrogen-bond acceptors (Lipinski definition) is 5. The van der Waals surface area contributed by atoms with Crippen molar-refractivity contribution in [3.63, 3.8) is 0 Å². The largest absolute Gasteiger partial charge is 0.344 e. The molecule has 2 aliphatic rings. The number of likely N-dealkylation sites (N-methyl/N-ethyl adjacent to an activating group) is 1. The second-order valence-electron chi connectivity index (χ2n) is 11.5. The molecular formula is C31H41N4O4S+. The summed E-state index contributed by atoms with van der Waals surface area (Å²) >= 11 is 0. The van der Waals surface area contributed by atoms with E-state index in [1.54, 1.807) is 12.1 Å². The van der Waals surface area contributed by atoms with Gasteiger partial charge >= 0.3 is 0 Å². The quantitative estimate of drug-likeness (QED) is 0.0920. The van der Waals surface area contributed by atoms with E-state index in [0.29, 0.717) is 6.42 Å². The number of allylic oxidation sites excluding steroid dienone is 4. The van der Waals surface area contributed by atoms with Gasteiger partial charge in [0.15, 0.2) is 5.71 Å². The second-order valence-corrected chi connectivity index (χ2v) is 12.9. The van der Waals surface area contributed by atoms with E-state index in [2.05, 4.69) is 92.0 Å². The molecule has 0 saturated carbocycles. The van der Waals surface area contributed by atoms with Crippen molar-refractivity contribution in [2.75, 3.05) is 18.0 Å². The Labute approximate surface area is 238 Å². The lowest BCUT2D eigenvalue weighted by Gasteiger charge is -2.25. The number of amides is 1.